The zero-order valence-corrected chi connectivity index (χ0v) is 10.1. The number of nitrogens with zero attached hydrogens (tertiary/aromatic N) is 2. The largest absolute Gasteiger partial charge is 0.324 e. The predicted molar refractivity (Wildman–Crippen MR) is 68.2 cm³/mol. The summed E-state index contributed by atoms with van der Waals surface area (Å²) >= 11 is 0. The number of fused-ring (bicyclic) bond motifs is 1. The Morgan fingerprint density at radius 3 is 3.00 bits per heavy atom. The van der Waals surface area contributed by atoms with Gasteiger partial charge in [-0.15, -0.1) is 0 Å². The highest BCUT2D eigenvalue weighted by molar-refractivity contribution is 5.42. The molecule has 2 aromatic rings. The van der Waals surface area contributed by atoms with Crippen molar-refractivity contribution in [2.75, 3.05) is 0 Å². The van der Waals surface area contributed by atoms with Crippen LogP contribution in [0.5, 0.6) is 0 Å². The standard InChI is InChI=1S/C14H17N3/c1-10-5-2-3-7-13(10)17-14-8-4-6-12(15)11(14)9-16-17/h2-3,5,7,9,12H,4,6,8,15H2,1H3. The number of para-hydroxylation sites is 1. The van der Waals surface area contributed by atoms with E-state index in [0.717, 1.165) is 19.3 Å². The molecular weight excluding hydrogens is 210 g/mol. The summed E-state index contributed by atoms with van der Waals surface area (Å²) in [6.07, 6.45) is 5.25. The Labute approximate surface area is 101 Å². The molecule has 88 valence electrons. The first-order valence-electron chi connectivity index (χ1n) is 6.16. The molecule has 0 aliphatic heterocycles. The molecule has 1 aliphatic rings. The quantitative estimate of drug-likeness (QED) is 0.813. The fraction of sp³-hybridized carbons (Fsp3) is 0.357. The zero-order valence-electron chi connectivity index (χ0n) is 10.1. The van der Waals surface area contributed by atoms with Crippen molar-refractivity contribution in [3.63, 3.8) is 0 Å². The molecule has 3 rings (SSSR count). The molecule has 1 aromatic carbocycles. The average molecular weight is 227 g/mol. The van der Waals surface area contributed by atoms with Crippen LogP contribution in [0.3, 0.4) is 0 Å². The minimum atomic E-state index is 0.163. The van der Waals surface area contributed by atoms with E-state index in [1.54, 1.807) is 0 Å². The number of nitrogens with two attached hydrogens (primary N) is 1. The maximum absolute atomic E-state index is 6.12. The number of rotatable bonds is 1. The highest BCUT2D eigenvalue weighted by Crippen LogP contribution is 2.29. The highest BCUT2D eigenvalue weighted by Gasteiger charge is 2.22. The SMILES string of the molecule is Cc1ccccc1-n1ncc2c1CCCC2N. The number of benzene rings is 1. The molecule has 1 heterocycles. The first kappa shape index (κ1) is 10.5. The molecule has 0 spiro atoms. The summed E-state index contributed by atoms with van der Waals surface area (Å²) in [5.74, 6) is 0. The van der Waals surface area contributed by atoms with Gasteiger partial charge in [0.05, 0.1) is 11.9 Å². The summed E-state index contributed by atoms with van der Waals surface area (Å²) < 4.78 is 2.06. The summed E-state index contributed by atoms with van der Waals surface area (Å²) in [6, 6.07) is 8.51. The van der Waals surface area contributed by atoms with Crippen LogP contribution in [0.25, 0.3) is 5.69 Å². The summed E-state index contributed by atoms with van der Waals surface area (Å²) in [6.45, 7) is 2.12. The van der Waals surface area contributed by atoms with E-state index in [1.807, 2.05) is 6.20 Å². The number of aromatic nitrogens is 2. The first-order valence-corrected chi connectivity index (χ1v) is 6.16. The topological polar surface area (TPSA) is 43.8 Å². The van der Waals surface area contributed by atoms with Crippen molar-refractivity contribution in [2.24, 2.45) is 5.73 Å². The van der Waals surface area contributed by atoms with Crippen molar-refractivity contribution < 1.29 is 0 Å². The second kappa shape index (κ2) is 4.00. The van der Waals surface area contributed by atoms with Gasteiger partial charge in [0, 0.05) is 17.3 Å². The van der Waals surface area contributed by atoms with Gasteiger partial charge in [-0.25, -0.2) is 4.68 Å². The fourth-order valence-electron chi connectivity index (χ4n) is 2.60. The maximum Gasteiger partial charge on any atom is 0.0678 e. The van der Waals surface area contributed by atoms with E-state index in [1.165, 1.54) is 22.5 Å². The third-order valence-corrected chi connectivity index (χ3v) is 3.57. The smallest absolute Gasteiger partial charge is 0.0678 e. The van der Waals surface area contributed by atoms with E-state index in [2.05, 4.69) is 41.0 Å². The van der Waals surface area contributed by atoms with E-state index in [9.17, 15) is 0 Å². The Morgan fingerprint density at radius 1 is 1.35 bits per heavy atom. The first-order chi connectivity index (χ1) is 8.27. The van der Waals surface area contributed by atoms with Crippen molar-refractivity contribution >= 4 is 0 Å². The molecule has 3 nitrogen and oxygen atoms in total. The van der Waals surface area contributed by atoms with Gasteiger partial charge >= 0.3 is 0 Å². The van der Waals surface area contributed by atoms with E-state index in [-0.39, 0.29) is 6.04 Å². The van der Waals surface area contributed by atoms with Crippen molar-refractivity contribution in [1.29, 1.82) is 0 Å². The lowest BCUT2D eigenvalue weighted by Crippen LogP contribution is -2.18. The molecule has 1 aromatic heterocycles. The zero-order chi connectivity index (χ0) is 11.8. The van der Waals surface area contributed by atoms with Crippen molar-refractivity contribution in [3.8, 4) is 5.69 Å². The molecule has 17 heavy (non-hydrogen) atoms. The van der Waals surface area contributed by atoms with Crippen LogP contribution in [-0.4, -0.2) is 9.78 Å². The molecule has 0 bridgehead atoms. The van der Waals surface area contributed by atoms with Gasteiger partial charge in [0.15, 0.2) is 0 Å². The Morgan fingerprint density at radius 2 is 2.18 bits per heavy atom. The van der Waals surface area contributed by atoms with E-state index < -0.39 is 0 Å². The summed E-state index contributed by atoms with van der Waals surface area (Å²) in [5, 5.41) is 4.52. The van der Waals surface area contributed by atoms with Gasteiger partial charge in [0.25, 0.3) is 0 Å². The number of hydrogen-bond acceptors (Lipinski definition) is 2. The lowest BCUT2D eigenvalue weighted by atomic mass is 9.93. The number of hydrogen-bond donors (Lipinski definition) is 1. The monoisotopic (exact) mass is 227 g/mol. The van der Waals surface area contributed by atoms with Crippen LogP contribution >= 0.6 is 0 Å². The van der Waals surface area contributed by atoms with Crippen LogP contribution in [-0.2, 0) is 6.42 Å². The van der Waals surface area contributed by atoms with Gasteiger partial charge < -0.3 is 5.73 Å². The van der Waals surface area contributed by atoms with Crippen molar-refractivity contribution in [1.82, 2.24) is 9.78 Å². The van der Waals surface area contributed by atoms with Crippen LogP contribution in [0.4, 0.5) is 0 Å². The highest BCUT2D eigenvalue weighted by atomic mass is 15.3. The van der Waals surface area contributed by atoms with Crippen LogP contribution in [0.1, 0.15) is 35.7 Å². The minimum absolute atomic E-state index is 0.163. The second-order valence-electron chi connectivity index (χ2n) is 4.74. The molecule has 0 saturated heterocycles. The molecule has 3 heteroatoms. The Balaban J connectivity index is 2.14. The molecule has 1 unspecified atom stereocenters. The summed E-state index contributed by atoms with van der Waals surface area (Å²) in [7, 11) is 0. The van der Waals surface area contributed by atoms with Gasteiger partial charge in [-0.1, -0.05) is 18.2 Å². The molecule has 1 aliphatic carbocycles. The van der Waals surface area contributed by atoms with Crippen LogP contribution in [0, 0.1) is 6.92 Å². The van der Waals surface area contributed by atoms with E-state index in [4.69, 9.17) is 5.73 Å². The third kappa shape index (κ3) is 1.67. The number of aryl methyl sites for hydroxylation is 1. The molecular formula is C14H17N3. The molecule has 2 N–H and O–H groups in total. The molecule has 1 atom stereocenters. The van der Waals surface area contributed by atoms with Gasteiger partial charge in [0.1, 0.15) is 0 Å². The van der Waals surface area contributed by atoms with Crippen LogP contribution < -0.4 is 5.73 Å². The van der Waals surface area contributed by atoms with Gasteiger partial charge in [-0.3, -0.25) is 0 Å². The Kier molecular flexibility index (Phi) is 2.48. The summed E-state index contributed by atoms with van der Waals surface area (Å²) in [5.41, 5.74) is 11.1. The van der Waals surface area contributed by atoms with E-state index in [0.29, 0.717) is 0 Å². The van der Waals surface area contributed by atoms with Gasteiger partial charge in [-0.2, -0.15) is 5.10 Å². The molecule has 0 saturated carbocycles. The van der Waals surface area contributed by atoms with Crippen molar-refractivity contribution in [3.05, 3.63) is 47.3 Å². The molecule has 0 radical (unpaired) electrons. The van der Waals surface area contributed by atoms with Gasteiger partial charge in [-0.05, 0) is 37.8 Å². The van der Waals surface area contributed by atoms with Crippen LogP contribution in [0.2, 0.25) is 0 Å². The lowest BCUT2D eigenvalue weighted by Gasteiger charge is -2.20. The normalized spacial score (nSPS) is 19.1. The lowest BCUT2D eigenvalue weighted by molar-refractivity contribution is 0.558. The molecule has 0 fully saturated rings. The summed E-state index contributed by atoms with van der Waals surface area (Å²) in [4.78, 5) is 0. The maximum atomic E-state index is 6.12. The van der Waals surface area contributed by atoms with E-state index >= 15 is 0 Å². The van der Waals surface area contributed by atoms with Crippen LogP contribution in [0.15, 0.2) is 30.5 Å². The third-order valence-electron chi connectivity index (χ3n) is 3.57. The second-order valence-corrected chi connectivity index (χ2v) is 4.74. The minimum Gasteiger partial charge on any atom is -0.324 e. The molecule has 0 amide bonds. The predicted octanol–water partition coefficient (Wildman–Crippen LogP) is 2.52. The fourth-order valence-corrected chi connectivity index (χ4v) is 2.60. The average Bonchev–Trinajstić information content (AvgIpc) is 2.75. The van der Waals surface area contributed by atoms with Gasteiger partial charge in [0.2, 0.25) is 0 Å². The Bertz CT molecular complexity index is 542. The van der Waals surface area contributed by atoms with Crippen molar-refractivity contribution in [2.45, 2.75) is 32.2 Å². The Hall–Kier alpha value is -1.61.